The number of benzene rings is 1. The second-order valence-corrected chi connectivity index (χ2v) is 4.67. The number of hydrogen-bond acceptors (Lipinski definition) is 6. The molecule has 0 fully saturated rings. The Labute approximate surface area is 126 Å². The van der Waals surface area contributed by atoms with Gasteiger partial charge in [-0.15, -0.1) is 0 Å². The number of rotatable bonds is 6. The molecular weight excluding hydrogens is 288 g/mol. The smallest absolute Gasteiger partial charge is 0.391 e. The molecule has 1 aromatic carbocycles. The molecule has 0 saturated heterocycles. The van der Waals surface area contributed by atoms with Crippen molar-refractivity contribution in [2.75, 3.05) is 6.61 Å². The first-order chi connectivity index (χ1) is 10.5. The Morgan fingerprint density at radius 2 is 2.27 bits per heavy atom. The number of aldehydes is 1. The lowest BCUT2D eigenvalue weighted by Gasteiger charge is -2.15. The molecule has 0 aromatic heterocycles. The van der Waals surface area contributed by atoms with E-state index in [1.807, 2.05) is 0 Å². The zero-order chi connectivity index (χ0) is 16.2. The van der Waals surface area contributed by atoms with Crippen LogP contribution in [0.5, 0.6) is 0 Å². The number of carbonyl (C=O) groups is 2. The van der Waals surface area contributed by atoms with Crippen LogP contribution >= 0.6 is 0 Å². The summed E-state index contributed by atoms with van der Waals surface area (Å²) < 4.78 is 4.91. The maximum absolute atomic E-state index is 11.7. The highest BCUT2D eigenvalue weighted by Gasteiger charge is 2.48. The number of allylic oxidation sites excluding steroid dienone is 1. The summed E-state index contributed by atoms with van der Waals surface area (Å²) >= 11 is 0. The molecule has 1 aliphatic heterocycles. The Morgan fingerprint density at radius 1 is 1.50 bits per heavy atom. The number of nitro groups is 1. The summed E-state index contributed by atoms with van der Waals surface area (Å²) in [7, 11) is 0. The Kier molecular flexibility index (Phi) is 4.45. The van der Waals surface area contributed by atoms with Crippen molar-refractivity contribution in [2.45, 2.75) is 19.0 Å². The van der Waals surface area contributed by atoms with Gasteiger partial charge >= 0.3 is 11.6 Å². The molecule has 22 heavy (non-hydrogen) atoms. The van der Waals surface area contributed by atoms with E-state index in [0.717, 1.165) is 0 Å². The molecule has 114 valence electrons. The van der Waals surface area contributed by atoms with Crippen molar-refractivity contribution >= 4 is 18.5 Å². The molecule has 0 bridgehead atoms. The predicted molar refractivity (Wildman–Crippen MR) is 78.5 cm³/mol. The molecule has 0 saturated carbocycles. The van der Waals surface area contributed by atoms with Crippen LogP contribution in [-0.2, 0) is 16.0 Å². The molecule has 0 spiro atoms. The van der Waals surface area contributed by atoms with Gasteiger partial charge in [0.25, 0.3) is 0 Å². The van der Waals surface area contributed by atoms with Gasteiger partial charge in [0.1, 0.15) is 0 Å². The van der Waals surface area contributed by atoms with Crippen LogP contribution in [0.2, 0.25) is 0 Å². The number of esters is 1. The van der Waals surface area contributed by atoms with Gasteiger partial charge < -0.3 is 4.74 Å². The number of aliphatic imine (C=N–C) groups is 1. The molecule has 1 aliphatic rings. The van der Waals surface area contributed by atoms with Crippen LogP contribution in [0, 0.1) is 10.1 Å². The minimum absolute atomic E-state index is 0.146. The van der Waals surface area contributed by atoms with E-state index in [9.17, 15) is 19.7 Å². The number of hydrogen-bond donors (Lipinski definition) is 0. The molecular formula is C15H14N2O5. The highest BCUT2D eigenvalue weighted by molar-refractivity contribution is 5.89. The summed E-state index contributed by atoms with van der Waals surface area (Å²) in [5, 5.41) is 11.2. The van der Waals surface area contributed by atoms with Gasteiger partial charge in [-0.3, -0.25) is 14.9 Å². The van der Waals surface area contributed by atoms with Gasteiger partial charge in [-0.2, -0.15) is 0 Å². The van der Waals surface area contributed by atoms with Gasteiger partial charge in [0.15, 0.2) is 0 Å². The summed E-state index contributed by atoms with van der Waals surface area (Å²) in [6.07, 6.45) is 3.07. The van der Waals surface area contributed by atoms with E-state index in [-0.39, 0.29) is 24.9 Å². The minimum Gasteiger partial charge on any atom is -0.462 e. The van der Waals surface area contributed by atoms with E-state index in [1.165, 1.54) is 12.3 Å². The van der Waals surface area contributed by atoms with Crippen LogP contribution in [0.15, 0.2) is 40.9 Å². The van der Waals surface area contributed by atoms with E-state index in [1.54, 1.807) is 31.2 Å². The van der Waals surface area contributed by atoms with Crippen molar-refractivity contribution in [1.82, 2.24) is 0 Å². The molecule has 2 rings (SSSR count). The van der Waals surface area contributed by atoms with E-state index in [2.05, 4.69) is 4.99 Å². The largest absolute Gasteiger partial charge is 0.462 e. The SMILES string of the molecule is CCOC(=O)c1cccc(CC2=CC=NC2(C=O)[N+](=O)[O-])c1. The Bertz CT molecular complexity index is 680. The highest BCUT2D eigenvalue weighted by atomic mass is 16.6. The Hall–Kier alpha value is -2.83. The average molecular weight is 302 g/mol. The van der Waals surface area contributed by atoms with Crippen LogP contribution < -0.4 is 0 Å². The average Bonchev–Trinajstić information content (AvgIpc) is 2.91. The van der Waals surface area contributed by atoms with Crippen molar-refractivity contribution in [2.24, 2.45) is 4.99 Å². The van der Waals surface area contributed by atoms with E-state index < -0.39 is 16.6 Å². The first-order valence-electron chi connectivity index (χ1n) is 6.65. The third kappa shape index (κ3) is 2.78. The van der Waals surface area contributed by atoms with E-state index >= 15 is 0 Å². The summed E-state index contributed by atoms with van der Waals surface area (Å²) in [4.78, 5) is 37.0. The van der Waals surface area contributed by atoms with Crippen molar-refractivity contribution in [1.29, 1.82) is 0 Å². The van der Waals surface area contributed by atoms with Crippen molar-refractivity contribution in [3.05, 3.63) is 57.2 Å². The highest BCUT2D eigenvalue weighted by Crippen LogP contribution is 2.27. The second-order valence-electron chi connectivity index (χ2n) is 4.67. The number of nitrogens with zero attached hydrogens (tertiary/aromatic N) is 2. The predicted octanol–water partition coefficient (Wildman–Crippen LogP) is 1.59. The van der Waals surface area contributed by atoms with Crippen LogP contribution in [-0.4, -0.2) is 35.7 Å². The quantitative estimate of drug-likeness (QED) is 0.344. The molecule has 1 unspecified atom stereocenters. The first-order valence-corrected chi connectivity index (χ1v) is 6.65. The third-order valence-electron chi connectivity index (χ3n) is 3.30. The summed E-state index contributed by atoms with van der Waals surface area (Å²) in [6, 6.07) is 6.57. The second kappa shape index (κ2) is 6.30. The van der Waals surface area contributed by atoms with Crippen LogP contribution in [0.1, 0.15) is 22.8 Å². The van der Waals surface area contributed by atoms with Crippen LogP contribution in [0.4, 0.5) is 0 Å². The lowest BCUT2D eigenvalue weighted by molar-refractivity contribution is -0.536. The van der Waals surface area contributed by atoms with E-state index in [4.69, 9.17) is 4.74 Å². The van der Waals surface area contributed by atoms with Crippen molar-refractivity contribution in [3.63, 3.8) is 0 Å². The summed E-state index contributed by atoms with van der Waals surface area (Å²) in [6.45, 7) is 1.97. The van der Waals surface area contributed by atoms with Crippen LogP contribution in [0.25, 0.3) is 0 Å². The van der Waals surface area contributed by atoms with Crippen molar-refractivity contribution in [3.8, 4) is 0 Å². The fourth-order valence-corrected chi connectivity index (χ4v) is 2.19. The fraction of sp³-hybridized carbons (Fsp3) is 0.267. The third-order valence-corrected chi connectivity index (χ3v) is 3.30. The van der Waals surface area contributed by atoms with Gasteiger partial charge in [0.05, 0.1) is 17.1 Å². The lowest BCUT2D eigenvalue weighted by Crippen LogP contribution is -2.39. The fourth-order valence-electron chi connectivity index (χ4n) is 2.19. The van der Waals surface area contributed by atoms with E-state index in [0.29, 0.717) is 11.1 Å². The number of ether oxygens (including phenoxy) is 1. The van der Waals surface area contributed by atoms with Crippen molar-refractivity contribution < 1.29 is 19.2 Å². The molecule has 7 heteroatoms. The first kappa shape index (κ1) is 15.6. The van der Waals surface area contributed by atoms with Gasteiger partial charge in [-0.05, 0) is 30.7 Å². The molecule has 0 radical (unpaired) electrons. The molecule has 1 heterocycles. The zero-order valence-electron chi connectivity index (χ0n) is 11.9. The molecule has 0 amide bonds. The topological polar surface area (TPSA) is 98.9 Å². The molecule has 7 nitrogen and oxygen atoms in total. The summed E-state index contributed by atoms with van der Waals surface area (Å²) in [5.41, 5.74) is -0.777. The molecule has 0 aliphatic carbocycles. The Balaban J connectivity index is 2.25. The maximum Gasteiger partial charge on any atom is 0.391 e. The lowest BCUT2D eigenvalue weighted by atomic mass is 9.95. The maximum atomic E-state index is 11.7. The Morgan fingerprint density at radius 3 is 2.91 bits per heavy atom. The standard InChI is InChI=1S/C15H14N2O5/c1-2-22-14(19)12-5-3-4-11(8-12)9-13-6-7-16-15(13,10-18)17(20)21/h3-8,10H,2,9H2,1H3. The van der Waals surface area contributed by atoms with Gasteiger partial charge in [-0.1, -0.05) is 12.1 Å². The normalized spacial score (nSPS) is 19.6. The molecule has 0 N–H and O–H groups in total. The molecule has 1 atom stereocenters. The van der Waals surface area contributed by atoms with Gasteiger partial charge in [0, 0.05) is 18.2 Å². The molecule has 1 aromatic rings. The minimum atomic E-state index is -2.06. The zero-order valence-corrected chi connectivity index (χ0v) is 11.9. The van der Waals surface area contributed by atoms with Gasteiger partial charge in [0.2, 0.25) is 6.29 Å². The summed E-state index contributed by atoms with van der Waals surface area (Å²) in [5.74, 6) is -0.461. The van der Waals surface area contributed by atoms with Gasteiger partial charge in [-0.25, -0.2) is 9.79 Å². The van der Waals surface area contributed by atoms with Crippen LogP contribution in [0.3, 0.4) is 0 Å². The monoisotopic (exact) mass is 302 g/mol. The number of carbonyl (C=O) groups excluding carboxylic acids is 2.